The number of benzene rings is 1. The summed E-state index contributed by atoms with van der Waals surface area (Å²) in [6, 6.07) is 8.83. The largest absolute Gasteiger partial charge is 0.343 e. The molecule has 6 nitrogen and oxygen atoms in total. The molecule has 3 amide bonds. The van der Waals surface area contributed by atoms with Crippen molar-refractivity contribution in [3.8, 4) is 0 Å². The van der Waals surface area contributed by atoms with Gasteiger partial charge in [0, 0.05) is 38.2 Å². The minimum absolute atomic E-state index is 0.0172. The molecule has 0 saturated carbocycles. The van der Waals surface area contributed by atoms with Gasteiger partial charge < -0.3 is 15.1 Å². The van der Waals surface area contributed by atoms with E-state index in [4.69, 9.17) is 0 Å². The van der Waals surface area contributed by atoms with E-state index in [9.17, 15) is 14.4 Å². The van der Waals surface area contributed by atoms with Gasteiger partial charge in [-0.15, -0.1) is 0 Å². The van der Waals surface area contributed by atoms with E-state index >= 15 is 0 Å². The third-order valence-corrected chi connectivity index (χ3v) is 4.10. The molecule has 1 aromatic carbocycles. The Morgan fingerprint density at radius 3 is 2.21 bits per heavy atom. The zero-order valence-electron chi connectivity index (χ0n) is 14.2. The predicted molar refractivity (Wildman–Crippen MR) is 91.5 cm³/mol. The lowest BCUT2D eigenvalue weighted by Gasteiger charge is -2.22. The Balaban J connectivity index is 1.80. The molecule has 0 unspecified atom stereocenters. The second kappa shape index (κ2) is 9.05. The SMILES string of the molecule is CCCC(=O)N1CCCN(C(=O)CNC(=O)c2ccccc2)CC1. The molecule has 1 heterocycles. The number of hydrogen-bond donors (Lipinski definition) is 1. The maximum absolute atomic E-state index is 12.3. The van der Waals surface area contributed by atoms with Crippen LogP contribution in [0.4, 0.5) is 0 Å². The van der Waals surface area contributed by atoms with Crippen molar-refractivity contribution in [3.63, 3.8) is 0 Å². The first kappa shape index (κ1) is 18.0. The number of amides is 3. The highest BCUT2D eigenvalue weighted by Crippen LogP contribution is 2.06. The molecule has 1 aliphatic heterocycles. The van der Waals surface area contributed by atoms with Crippen LogP contribution in [0.15, 0.2) is 30.3 Å². The third-order valence-electron chi connectivity index (χ3n) is 4.10. The van der Waals surface area contributed by atoms with E-state index < -0.39 is 0 Å². The van der Waals surface area contributed by atoms with Gasteiger partial charge in [-0.2, -0.15) is 0 Å². The quantitative estimate of drug-likeness (QED) is 0.883. The molecule has 1 aliphatic rings. The standard InChI is InChI=1S/C18H25N3O3/c1-2-7-16(22)20-10-6-11-21(13-12-20)17(23)14-19-18(24)15-8-4-3-5-9-15/h3-5,8-9H,2,6-7,10-14H2,1H3,(H,19,24). The van der Waals surface area contributed by atoms with Gasteiger partial charge in [0.25, 0.3) is 5.91 Å². The zero-order chi connectivity index (χ0) is 17.4. The summed E-state index contributed by atoms with van der Waals surface area (Å²) in [5, 5.41) is 2.66. The van der Waals surface area contributed by atoms with E-state index in [1.165, 1.54) is 0 Å². The van der Waals surface area contributed by atoms with Gasteiger partial charge in [0.05, 0.1) is 6.54 Å². The highest BCUT2D eigenvalue weighted by atomic mass is 16.2. The number of nitrogens with zero attached hydrogens (tertiary/aromatic N) is 2. The lowest BCUT2D eigenvalue weighted by molar-refractivity contribution is -0.133. The molecular weight excluding hydrogens is 306 g/mol. The maximum Gasteiger partial charge on any atom is 0.251 e. The normalized spacial score (nSPS) is 14.9. The fourth-order valence-corrected chi connectivity index (χ4v) is 2.75. The summed E-state index contributed by atoms with van der Waals surface area (Å²) in [7, 11) is 0. The molecule has 6 heteroatoms. The molecule has 1 aromatic rings. The molecule has 0 aliphatic carbocycles. The molecule has 0 bridgehead atoms. The summed E-state index contributed by atoms with van der Waals surface area (Å²) < 4.78 is 0. The zero-order valence-corrected chi connectivity index (χ0v) is 14.2. The van der Waals surface area contributed by atoms with E-state index in [0.29, 0.717) is 38.2 Å². The summed E-state index contributed by atoms with van der Waals surface area (Å²) in [5.74, 6) is -0.202. The number of carbonyl (C=O) groups excluding carboxylic acids is 3. The minimum Gasteiger partial charge on any atom is -0.343 e. The number of hydrogen-bond acceptors (Lipinski definition) is 3. The van der Waals surface area contributed by atoms with Crippen molar-refractivity contribution in [2.24, 2.45) is 0 Å². The minimum atomic E-state index is -0.251. The third kappa shape index (κ3) is 5.08. The van der Waals surface area contributed by atoms with Crippen LogP contribution in [0.2, 0.25) is 0 Å². The molecule has 0 atom stereocenters. The van der Waals surface area contributed by atoms with Gasteiger partial charge in [-0.05, 0) is 25.0 Å². The van der Waals surface area contributed by atoms with Gasteiger partial charge in [-0.25, -0.2) is 0 Å². The molecule has 130 valence electrons. The number of nitrogens with one attached hydrogen (secondary N) is 1. The van der Waals surface area contributed by atoms with Crippen LogP contribution in [-0.4, -0.2) is 60.2 Å². The van der Waals surface area contributed by atoms with Crippen LogP contribution in [0.1, 0.15) is 36.5 Å². The Bertz CT molecular complexity index is 574. The van der Waals surface area contributed by atoms with E-state index in [-0.39, 0.29) is 24.3 Å². The van der Waals surface area contributed by atoms with Crippen LogP contribution >= 0.6 is 0 Å². The highest BCUT2D eigenvalue weighted by molar-refractivity contribution is 5.96. The van der Waals surface area contributed by atoms with E-state index in [0.717, 1.165) is 12.8 Å². The molecule has 1 N–H and O–H groups in total. The molecule has 0 spiro atoms. The summed E-state index contributed by atoms with van der Waals surface area (Å²) >= 11 is 0. The molecule has 0 radical (unpaired) electrons. The number of carbonyl (C=O) groups is 3. The van der Waals surface area contributed by atoms with Crippen LogP contribution < -0.4 is 5.32 Å². The monoisotopic (exact) mass is 331 g/mol. The molecular formula is C18H25N3O3. The Labute approximate surface area is 142 Å². The second-order valence-electron chi connectivity index (χ2n) is 5.91. The van der Waals surface area contributed by atoms with Crippen molar-refractivity contribution in [1.29, 1.82) is 0 Å². The van der Waals surface area contributed by atoms with Crippen LogP contribution in [0.3, 0.4) is 0 Å². The summed E-state index contributed by atoms with van der Waals surface area (Å²) in [5.41, 5.74) is 0.539. The van der Waals surface area contributed by atoms with Gasteiger partial charge >= 0.3 is 0 Å². The van der Waals surface area contributed by atoms with Crippen molar-refractivity contribution in [2.45, 2.75) is 26.2 Å². The first-order valence-electron chi connectivity index (χ1n) is 8.50. The molecule has 1 fully saturated rings. The second-order valence-corrected chi connectivity index (χ2v) is 5.91. The smallest absolute Gasteiger partial charge is 0.251 e. The lowest BCUT2D eigenvalue weighted by atomic mass is 10.2. The summed E-state index contributed by atoms with van der Waals surface area (Å²) in [4.78, 5) is 39.8. The van der Waals surface area contributed by atoms with Crippen LogP contribution in [0.5, 0.6) is 0 Å². The topological polar surface area (TPSA) is 69.7 Å². The van der Waals surface area contributed by atoms with Gasteiger partial charge in [0.15, 0.2) is 0 Å². The lowest BCUT2D eigenvalue weighted by Crippen LogP contribution is -2.42. The van der Waals surface area contributed by atoms with Gasteiger partial charge in [-0.3, -0.25) is 14.4 Å². The molecule has 0 aromatic heterocycles. The van der Waals surface area contributed by atoms with E-state index in [2.05, 4.69) is 5.32 Å². The Kier molecular flexibility index (Phi) is 6.78. The predicted octanol–water partition coefficient (Wildman–Crippen LogP) is 1.28. The van der Waals surface area contributed by atoms with E-state index in [1.807, 2.05) is 17.9 Å². The van der Waals surface area contributed by atoms with Gasteiger partial charge in [-0.1, -0.05) is 25.1 Å². The van der Waals surface area contributed by atoms with Crippen LogP contribution in [0, 0.1) is 0 Å². The van der Waals surface area contributed by atoms with Gasteiger partial charge in [0.1, 0.15) is 0 Å². The molecule has 1 saturated heterocycles. The van der Waals surface area contributed by atoms with Crippen LogP contribution in [0.25, 0.3) is 0 Å². The van der Waals surface area contributed by atoms with Gasteiger partial charge in [0.2, 0.25) is 11.8 Å². The maximum atomic E-state index is 12.3. The van der Waals surface area contributed by atoms with Crippen molar-refractivity contribution in [3.05, 3.63) is 35.9 Å². The summed E-state index contributed by atoms with van der Waals surface area (Å²) in [6.45, 7) is 4.37. The highest BCUT2D eigenvalue weighted by Gasteiger charge is 2.21. The fraction of sp³-hybridized carbons (Fsp3) is 0.500. The molecule has 2 rings (SSSR count). The van der Waals surface area contributed by atoms with Crippen molar-refractivity contribution < 1.29 is 14.4 Å². The first-order chi connectivity index (χ1) is 11.6. The van der Waals surface area contributed by atoms with Crippen molar-refractivity contribution in [1.82, 2.24) is 15.1 Å². The number of rotatable bonds is 5. The van der Waals surface area contributed by atoms with Crippen molar-refractivity contribution >= 4 is 17.7 Å². The first-order valence-corrected chi connectivity index (χ1v) is 8.50. The summed E-state index contributed by atoms with van der Waals surface area (Å²) in [6.07, 6.45) is 2.17. The average molecular weight is 331 g/mol. The average Bonchev–Trinajstić information content (AvgIpc) is 2.86. The van der Waals surface area contributed by atoms with Crippen molar-refractivity contribution in [2.75, 3.05) is 32.7 Å². The van der Waals surface area contributed by atoms with E-state index in [1.54, 1.807) is 29.2 Å². The Morgan fingerprint density at radius 1 is 0.958 bits per heavy atom. The Morgan fingerprint density at radius 2 is 1.58 bits per heavy atom. The fourth-order valence-electron chi connectivity index (χ4n) is 2.75. The Hall–Kier alpha value is -2.37. The van der Waals surface area contributed by atoms with Crippen LogP contribution in [-0.2, 0) is 9.59 Å². The molecule has 24 heavy (non-hydrogen) atoms.